The number of aliphatic hydroxyl groups is 2. The highest BCUT2D eigenvalue weighted by Gasteiger charge is 2.08. The van der Waals surface area contributed by atoms with Crippen LogP contribution >= 0.6 is 0 Å². The zero-order chi connectivity index (χ0) is 13.5. The molecule has 1 aromatic rings. The Bertz CT molecular complexity index is 427. The van der Waals surface area contributed by atoms with E-state index in [2.05, 4.69) is 16.4 Å². The molecule has 1 aromatic heterocycles. The average Bonchev–Trinajstić information content (AvgIpc) is 2.38. The Kier molecular flexibility index (Phi) is 5.56. The lowest BCUT2D eigenvalue weighted by Gasteiger charge is -2.12. The lowest BCUT2D eigenvalue weighted by molar-refractivity contribution is 0.0911. The molecule has 0 aromatic carbocycles. The number of aliphatic hydroxyl groups excluding tert-OH is 2. The van der Waals surface area contributed by atoms with E-state index in [-0.39, 0.29) is 6.61 Å². The number of pyridine rings is 1. The molecule has 1 rings (SSSR count). The van der Waals surface area contributed by atoms with Crippen LogP contribution in [0.5, 0.6) is 0 Å². The van der Waals surface area contributed by atoms with Crippen molar-refractivity contribution in [2.24, 2.45) is 0 Å². The van der Waals surface area contributed by atoms with Crippen LogP contribution in [-0.4, -0.2) is 34.5 Å². The van der Waals surface area contributed by atoms with Gasteiger partial charge in [0.15, 0.2) is 0 Å². The van der Waals surface area contributed by atoms with Gasteiger partial charge in [-0.2, -0.15) is 5.26 Å². The van der Waals surface area contributed by atoms with Gasteiger partial charge in [-0.05, 0) is 24.5 Å². The van der Waals surface area contributed by atoms with Crippen molar-refractivity contribution >= 4 is 5.82 Å². The minimum Gasteiger partial charge on any atom is -0.394 e. The van der Waals surface area contributed by atoms with E-state index in [1.165, 1.54) is 0 Å². The van der Waals surface area contributed by atoms with Crippen LogP contribution in [0.4, 0.5) is 5.82 Å². The molecule has 18 heavy (non-hydrogen) atoms. The van der Waals surface area contributed by atoms with Crippen molar-refractivity contribution in [2.45, 2.75) is 32.3 Å². The second-order valence-corrected chi connectivity index (χ2v) is 4.45. The molecule has 0 aliphatic rings. The third-order valence-corrected chi connectivity index (χ3v) is 2.61. The van der Waals surface area contributed by atoms with Gasteiger partial charge in [0.25, 0.3) is 0 Å². The van der Waals surface area contributed by atoms with E-state index < -0.39 is 6.10 Å². The zero-order valence-electron chi connectivity index (χ0n) is 10.7. The summed E-state index contributed by atoms with van der Waals surface area (Å²) in [6.45, 7) is 4.28. The van der Waals surface area contributed by atoms with Gasteiger partial charge in [-0.3, -0.25) is 0 Å². The van der Waals surface area contributed by atoms with Gasteiger partial charge in [0.2, 0.25) is 0 Å². The Labute approximate surface area is 107 Å². The molecule has 98 valence electrons. The summed E-state index contributed by atoms with van der Waals surface area (Å²) in [7, 11) is 0. The standard InChI is InChI=1S/C13H19N3O2/c1-9(2)12-4-3-10(7-14)13(16-12)15-6-5-11(18)8-17/h3-4,9,11,17-18H,5-6,8H2,1-2H3,(H,15,16). The smallest absolute Gasteiger partial charge is 0.144 e. The van der Waals surface area contributed by atoms with E-state index >= 15 is 0 Å². The molecule has 0 fully saturated rings. The second-order valence-electron chi connectivity index (χ2n) is 4.45. The van der Waals surface area contributed by atoms with Gasteiger partial charge < -0.3 is 15.5 Å². The number of hydrogen-bond acceptors (Lipinski definition) is 5. The van der Waals surface area contributed by atoms with Crippen LogP contribution in [0.3, 0.4) is 0 Å². The molecule has 1 atom stereocenters. The van der Waals surface area contributed by atoms with E-state index in [1.54, 1.807) is 6.07 Å². The molecule has 0 aliphatic heterocycles. The average molecular weight is 249 g/mol. The van der Waals surface area contributed by atoms with Crippen molar-refractivity contribution in [1.29, 1.82) is 5.26 Å². The second kappa shape index (κ2) is 6.94. The van der Waals surface area contributed by atoms with Crippen LogP contribution in [0.25, 0.3) is 0 Å². The zero-order valence-corrected chi connectivity index (χ0v) is 10.7. The maximum atomic E-state index is 9.23. The van der Waals surface area contributed by atoms with Crippen LogP contribution in [0.2, 0.25) is 0 Å². The summed E-state index contributed by atoms with van der Waals surface area (Å²) in [6.07, 6.45) is -0.328. The molecule has 1 unspecified atom stereocenters. The number of nitrogens with one attached hydrogen (secondary N) is 1. The minimum absolute atomic E-state index is 0.258. The Morgan fingerprint density at radius 3 is 2.72 bits per heavy atom. The lowest BCUT2D eigenvalue weighted by atomic mass is 10.1. The monoisotopic (exact) mass is 249 g/mol. The molecule has 0 saturated carbocycles. The topological polar surface area (TPSA) is 89.2 Å². The minimum atomic E-state index is -0.740. The highest BCUT2D eigenvalue weighted by atomic mass is 16.3. The van der Waals surface area contributed by atoms with Gasteiger partial charge in [-0.1, -0.05) is 13.8 Å². The molecule has 0 spiro atoms. The van der Waals surface area contributed by atoms with Crippen molar-refractivity contribution in [3.8, 4) is 6.07 Å². The van der Waals surface area contributed by atoms with Gasteiger partial charge in [0.05, 0.1) is 18.3 Å². The van der Waals surface area contributed by atoms with Gasteiger partial charge in [-0.25, -0.2) is 4.98 Å². The third-order valence-electron chi connectivity index (χ3n) is 2.61. The van der Waals surface area contributed by atoms with Crippen LogP contribution in [-0.2, 0) is 0 Å². The molecule has 1 heterocycles. The molecule has 0 bridgehead atoms. The maximum absolute atomic E-state index is 9.23. The Balaban J connectivity index is 2.73. The summed E-state index contributed by atoms with van der Waals surface area (Å²) in [5, 5.41) is 29.9. The number of nitriles is 1. The fraction of sp³-hybridized carbons (Fsp3) is 0.538. The molecule has 3 N–H and O–H groups in total. The number of hydrogen-bond donors (Lipinski definition) is 3. The van der Waals surface area contributed by atoms with Crippen molar-refractivity contribution < 1.29 is 10.2 Å². The Morgan fingerprint density at radius 2 is 2.17 bits per heavy atom. The fourth-order valence-electron chi connectivity index (χ4n) is 1.47. The summed E-state index contributed by atoms with van der Waals surface area (Å²) in [4.78, 5) is 4.39. The molecular weight excluding hydrogens is 230 g/mol. The van der Waals surface area contributed by atoms with Gasteiger partial charge in [0.1, 0.15) is 11.9 Å². The molecule has 0 radical (unpaired) electrons. The maximum Gasteiger partial charge on any atom is 0.144 e. The molecule has 0 saturated heterocycles. The number of aromatic nitrogens is 1. The van der Waals surface area contributed by atoms with E-state index in [9.17, 15) is 5.11 Å². The quantitative estimate of drug-likeness (QED) is 0.705. The summed E-state index contributed by atoms with van der Waals surface area (Å²) in [5.74, 6) is 0.829. The molecule has 0 aliphatic carbocycles. The van der Waals surface area contributed by atoms with Crippen molar-refractivity contribution in [2.75, 3.05) is 18.5 Å². The van der Waals surface area contributed by atoms with Crippen LogP contribution in [0.15, 0.2) is 12.1 Å². The molecule has 5 nitrogen and oxygen atoms in total. The first-order valence-electron chi connectivity index (χ1n) is 6.02. The van der Waals surface area contributed by atoms with Crippen molar-refractivity contribution in [3.63, 3.8) is 0 Å². The predicted octanol–water partition coefficient (Wildman–Crippen LogP) is 1.23. The number of nitrogens with zero attached hydrogens (tertiary/aromatic N) is 2. The van der Waals surface area contributed by atoms with E-state index in [1.807, 2.05) is 19.9 Å². The van der Waals surface area contributed by atoms with Crippen molar-refractivity contribution in [1.82, 2.24) is 4.98 Å². The lowest BCUT2D eigenvalue weighted by Crippen LogP contribution is -2.18. The van der Waals surface area contributed by atoms with Gasteiger partial charge >= 0.3 is 0 Å². The fourth-order valence-corrected chi connectivity index (χ4v) is 1.47. The number of rotatable bonds is 6. The first-order valence-corrected chi connectivity index (χ1v) is 6.02. The van der Waals surface area contributed by atoms with E-state index in [4.69, 9.17) is 10.4 Å². The summed E-state index contributed by atoms with van der Waals surface area (Å²) >= 11 is 0. The van der Waals surface area contributed by atoms with Gasteiger partial charge in [0, 0.05) is 12.2 Å². The van der Waals surface area contributed by atoms with E-state index in [0.717, 1.165) is 5.69 Å². The van der Waals surface area contributed by atoms with E-state index in [0.29, 0.717) is 30.3 Å². The summed E-state index contributed by atoms with van der Waals surface area (Å²) in [6, 6.07) is 5.66. The largest absolute Gasteiger partial charge is 0.394 e. The van der Waals surface area contributed by atoms with Gasteiger partial charge in [-0.15, -0.1) is 0 Å². The first-order chi connectivity index (χ1) is 8.58. The highest BCUT2D eigenvalue weighted by molar-refractivity contribution is 5.52. The SMILES string of the molecule is CC(C)c1ccc(C#N)c(NCCC(O)CO)n1. The van der Waals surface area contributed by atoms with Crippen LogP contribution in [0.1, 0.15) is 37.4 Å². The molecular formula is C13H19N3O2. The Hall–Kier alpha value is -1.64. The first kappa shape index (κ1) is 14.4. The highest BCUT2D eigenvalue weighted by Crippen LogP contribution is 2.18. The predicted molar refractivity (Wildman–Crippen MR) is 69.2 cm³/mol. The summed E-state index contributed by atoms with van der Waals surface area (Å²) in [5.41, 5.74) is 1.40. The number of anilines is 1. The third kappa shape index (κ3) is 3.99. The van der Waals surface area contributed by atoms with Crippen LogP contribution in [0, 0.1) is 11.3 Å². The molecule has 0 amide bonds. The Morgan fingerprint density at radius 1 is 1.44 bits per heavy atom. The molecule has 5 heteroatoms. The van der Waals surface area contributed by atoms with Crippen molar-refractivity contribution in [3.05, 3.63) is 23.4 Å². The normalized spacial score (nSPS) is 12.2. The van der Waals surface area contributed by atoms with Crippen LogP contribution < -0.4 is 5.32 Å². The summed E-state index contributed by atoms with van der Waals surface area (Å²) < 4.78 is 0.